The van der Waals surface area contributed by atoms with E-state index in [0.717, 1.165) is 12.0 Å². The zero-order valence-corrected chi connectivity index (χ0v) is 17.6. The summed E-state index contributed by atoms with van der Waals surface area (Å²) in [6.07, 6.45) is 6.89. The summed E-state index contributed by atoms with van der Waals surface area (Å²) < 4.78 is 21.6. The number of carbonyl (C=O) groups is 1. The maximum absolute atomic E-state index is 13.9. The van der Waals surface area contributed by atoms with E-state index in [2.05, 4.69) is 20.6 Å². The van der Waals surface area contributed by atoms with Crippen LogP contribution in [0.5, 0.6) is 0 Å². The molecule has 168 valence electrons. The first kappa shape index (κ1) is 22.0. The molecule has 2 aromatic heterocycles. The second-order valence-electron chi connectivity index (χ2n) is 7.90. The van der Waals surface area contributed by atoms with Gasteiger partial charge in [-0.2, -0.15) is 0 Å². The van der Waals surface area contributed by atoms with Gasteiger partial charge in [-0.3, -0.25) is 14.5 Å². The second kappa shape index (κ2) is 10.4. The summed E-state index contributed by atoms with van der Waals surface area (Å²) >= 11 is 0. The van der Waals surface area contributed by atoms with Crippen molar-refractivity contribution < 1.29 is 19.0 Å². The molecule has 1 fully saturated rings. The third kappa shape index (κ3) is 5.54. The predicted molar refractivity (Wildman–Crippen MR) is 115 cm³/mol. The molecule has 2 N–H and O–H groups in total. The number of amides is 1. The highest BCUT2D eigenvalue weighted by Gasteiger charge is 2.31. The maximum Gasteiger partial charge on any atom is 0.224 e. The summed E-state index contributed by atoms with van der Waals surface area (Å²) in [6, 6.07) is 9.87. The van der Waals surface area contributed by atoms with Crippen LogP contribution in [0.15, 0.2) is 55.0 Å². The van der Waals surface area contributed by atoms with Crippen molar-refractivity contribution in [2.24, 2.45) is 0 Å². The number of nitrogens with zero attached hydrogens (tertiary/aromatic N) is 4. The smallest absolute Gasteiger partial charge is 0.224 e. The average molecular weight is 439 g/mol. The van der Waals surface area contributed by atoms with E-state index in [9.17, 15) is 14.3 Å². The van der Waals surface area contributed by atoms with Crippen LogP contribution in [0, 0.1) is 5.82 Å². The number of aliphatic hydroxyl groups excluding tert-OH is 1. The first-order valence-electron chi connectivity index (χ1n) is 10.7. The Kier molecular flexibility index (Phi) is 7.18. The number of rotatable bonds is 8. The minimum Gasteiger partial charge on any atom is -0.394 e. The number of hydrogen-bond acceptors (Lipinski definition) is 6. The van der Waals surface area contributed by atoms with Crippen LogP contribution in [0.3, 0.4) is 0 Å². The second-order valence-corrected chi connectivity index (χ2v) is 7.90. The fraction of sp³-hybridized carbons (Fsp3) is 0.391. The first-order chi connectivity index (χ1) is 15.6. The Hall–Kier alpha value is -3.17. The van der Waals surface area contributed by atoms with E-state index < -0.39 is 6.10 Å². The van der Waals surface area contributed by atoms with Crippen molar-refractivity contribution in [1.29, 1.82) is 0 Å². The number of aryl methyl sites for hydroxylation is 1. The lowest BCUT2D eigenvalue weighted by atomic mass is 9.97. The highest BCUT2D eigenvalue weighted by Crippen LogP contribution is 2.23. The van der Waals surface area contributed by atoms with Crippen molar-refractivity contribution in [3.05, 3.63) is 66.4 Å². The number of nitrogens with one attached hydrogen (secondary N) is 1. The number of carbonyl (C=O) groups excluding carboxylic acids is 1. The normalized spacial score (nSPS) is 20.8. The summed E-state index contributed by atoms with van der Waals surface area (Å²) in [5, 5.41) is 20.9. The van der Waals surface area contributed by atoms with E-state index in [-0.39, 0.29) is 36.9 Å². The molecule has 8 nitrogen and oxygen atoms in total. The van der Waals surface area contributed by atoms with Gasteiger partial charge in [-0.25, -0.2) is 4.39 Å². The number of aromatic nitrogens is 4. The molecule has 1 aliphatic rings. The monoisotopic (exact) mass is 439 g/mol. The zero-order valence-electron chi connectivity index (χ0n) is 17.6. The molecule has 1 aliphatic heterocycles. The van der Waals surface area contributed by atoms with Crippen LogP contribution >= 0.6 is 0 Å². The number of ether oxygens (including phenoxy) is 1. The topological polar surface area (TPSA) is 102 Å². The number of halogens is 1. The van der Waals surface area contributed by atoms with E-state index >= 15 is 0 Å². The molecular formula is C23H26FN5O3. The number of pyridine rings is 1. The molecule has 32 heavy (non-hydrogen) atoms. The maximum atomic E-state index is 13.9. The minimum absolute atomic E-state index is 0.0697. The fourth-order valence-corrected chi connectivity index (χ4v) is 3.93. The Morgan fingerprint density at radius 1 is 1.25 bits per heavy atom. The highest BCUT2D eigenvalue weighted by molar-refractivity contribution is 5.78. The van der Waals surface area contributed by atoms with Gasteiger partial charge < -0.3 is 15.2 Å². The molecule has 0 spiro atoms. The molecule has 0 aliphatic carbocycles. The summed E-state index contributed by atoms with van der Waals surface area (Å²) in [5.41, 5.74) is 1.73. The fourth-order valence-electron chi connectivity index (χ4n) is 3.93. The Labute approximate surface area is 185 Å². The standard InChI is InChI=1S/C23H26FN5O3/c24-19-6-2-1-5-18(19)21-14-29(28-27-21)11-9-17-7-8-20(22(15-30)32-17)26-23(31)12-16-4-3-10-25-13-16/h1-6,10,13-14,17,20,22,30H,7-9,11-12,15H2,(H,26,31)/t17-,20-,22-/m1/s1. The molecule has 9 heteroatoms. The molecule has 4 rings (SSSR count). The van der Waals surface area contributed by atoms with Crippen LogP contribution in [0.2, 0.25) is 0 Å². The van der Waals surface area contributed by atoms with Crippen LogP contribution in [-0.4, -0.2) is 55.8 Å². The summed E-state index contributed by atoms with van der Waals surface area (Å²) in [6.45, 7) is 0.386. The third-order valence-corrected chi connectivity index (χ3v) is 5.60. The van der Waals surface area contributed by atoms with Crippen LogP contribution in [0.4, 0.5) is 4.39 Å². The van der Waals surface area contributed by atoms with E-state index in [0.29, 0.717) is 30.6 Å². The Balaban J connectivity index is 1.27. The SMILES string of the molecule is O=C(Cc1cccnc1)N[C@@H]1CC[C@H](CCn2cc(-c3ccccc3F)nn2)O[C@@H]1CO. The molecular weight excluding hydrogens is 413 g/mol. The van der Waals surface area contributed by atoms with Gasteiger partial charge in [-0.15, -0.1) is 5.10 Å². The van der Waals surface area contributed by atoms with Gasteiger partial charge in [-0.1, -0.05) is 23.4 Å². The minimum atomic E-state index is -0.462. The predicted octanol–water partition coefficient (Wildman–Crippen LogP) is 2.14. The molecule has 1 amide bonds. The molecule has 0 unspecified atom stereocenters. The number of aliphatic hydroxyl groups is 1. The van der Waals surface area contributed by atoms with Crippen LogP contribution in [0.25, 0.3) is 11.3 Å². The Morgan fingerprint density at radius 3 is 2.91 bits per heavy atom. The first-order valence-corrected chi connectivity index (χ1v) is 10.7. The lowest BCUT2D eigenvalue weighted by molar-refractivity contribution is -0.128. The molecule has 3 atom stereocenters. The van der Waals surface area contributed by atoms with E-state index in [4.69, 9.17) is 4.74 Å². The Morgan fingerprint density at radius 2 is 2.12 bits per heavy atom. The van der Waals surface area contributed by atoms with Gasteiger partial charge >= 0.3 is 0 Å². The van der Waals surface area contributed by atoms with Crippen molar-refractivity contribution in [1.82, 2.24) is 25.3 Å². The van der Waals surface area contributed by atoms with Gasteiger partial charge in [0.25, 0.3) is 0 Å². The van der Waals surface area contributed by atoms with E-state index in [1.807, 2.05) is 6.07 Å². The molecule has 1 saturated heterocycles. The van der Waals surface area contributed by atoms with Gasteiger partial charge in [0.1, 0.15) is 17.6 Å². The molecule has 1 aromatic carbocycles. The van der Waals surface area contributed by atoms with Crippen molar-refractivity contribution in [3.8, 4) is 11.3 Å². The zero-order chi connectivity index (χ0) is 22.3. The molecule has 0 saturated carbocycles. The van der Waals surface area contributed by atoms with Gasteiger partial charge in [-0.05, 0) is 43.0 Å². The van der Waals surface area contributed by atoms with Crippen LogP contribution in [0.1, 0.15) is 24.8 Å². The lowest BCUT2D eigenvalue weighted by Gasteiger charge is -2.36. The molecule has 3 aromatic rings. The van der Waals surface area contributed by atoms with Crippen molar-refractivity contribution in [2.45, 2.75) is 50.5 Å². The molecule has 3 heterocycles. The largest absolute Gasteiger partial charge is 0.394 e. The third-order valence-electron chi connectivity index (χ3n) is 5.60. The lowest BCUT2D eigenvalue weighted by Crippen LogP contribution is -2.51. The van der Waals surface area contributed by atoms with E-state index in [1.54, 1.807) is 47.5 Å². The van der Waals surface area contributed by atoms with Crippen molar-refractivity contribution in [3.63, 3.8) is 0 Å². The van der Waals surface area contributed by atoms with Crippen LogP contribution in [-0.2, 0) is 22.5 Å². The molecule has 0 radical (unpaired) electrons. The summed E-state index contributed by atoms with van der Waals surface area (Å²) in [5.74, 6) is -0.454. The van der Waals surface area contributed by atoms with Gasteiger partial charge in [0.05, 0.1) is 31.4 Å². The average Bonchev–Trinajstić information content (AvgIpc) is 3.28. The number of benzene rings is 1. The van der Waals surface area contributed by atoms with Crippen LogP contribution < -0.4 is 5.32 Å². The van der Waals surface area contributed by atoms with Crippen molar-refractivity contribution in [2.75, 3.05) is 6.61 Å². The van der Waals surface area contributed by atoms with Gasteiger partial charge in [0.2, 0.25) is 5.91 Å². The van der Waals surface area contributed by atoms with Gasteiger partial charge in [0.15, 0.2) is 0 Å². The quantitative estimate of drug-likeness (QED) is 0.558. The summed E-state index contributed by atoms with van der Waals surface area (Å²) in [4.78, 5) is 16.4. The van der Waals surface area contributed by atoms with Gasteiger partial charge in [0, 0.05) is 24.5 Å². The molecule has 0 bridgehead atoms. The summed E-state index contributed by atoms with van der Waals surface area (Å²) in [7, 11) is 0. The van der Waals surface area contributed by atoms with E-state index in [1.165, 1.54) is 6.07 Å². The number of hydrogen-bond donors (Lipinski definition) is 2. The highest BCUT2D eigenvalue weighted by atomic mass is 19.1. The Bertz CT molecular complexity index is 1030. The van der Waals surface area contributed by atoms with Crippen molar-refractivity contribution >= 4 is 5.91 Å².